The van der Waals surface area contributed by atoms with Crippen LogP contribution in [0.1, 0.15) is 5.56 Å². The van der Waals surface area contributed by atoms with Crippen molar-refractivity contribution in [2.75, 3.05) is 31.3 Å². The molecule has 0 spiro atoms. The van der Waals surface area contributed by atoms with Gasteiger partial charge in [-0.3, -0.25) is 0 Å². The maximum Gasteiger partial charge on any atom is 0.224 e. The minimum Gasteiger partial charge on any atom is -0.485 e. The molecule has 0 saturated carbocycles. The lowest BCUT2D eigenvalue weighted by Gasteiger charge is -2.20. The summed E-state index contributed by atoms with van der Waals surface area (Å²) in [5.41, 5.74) is 7.63. The highest BCUT2D eigenvalue weighted by Gasteiger charge is 2.20. The van der Waals surface area contributed by atoms with E-state index in [2.05, 4.69) is 20.3 Å². The average molecular weight is 273 g/mol. The van der Waals surface area contributed by atoms with Gasteiger partial charge in [0.25, 0.3) is 0 Å². The molecular weight excluding hydrogens is 258 g/mol. The van der Waals surface area contributed by atoms with Crippen LogP contribution in [0.15, 0.2) is 12.3 Å². The third kappa shape index (κ3) is 2.07. The number of anilines is 2. The molecule has 1 aliphatic heterocycles. The number of hydrogen-bond acceptors (Lipinski definition) is 7. The Morgan fingerprint density at radius 2 is 2.25 bits per heavy atom. The summed E-state index contributed by atoms with van der Waals surface area (Å²) in [6.45, 7) is 3.18. The zero-order valence-electron chi connectivity index (χ0n) is 11.3. The Labute approximate surface area is 116 Å². The van der Waals surface area contributed by atoms with Crippen LogP contribution in [-0.2, 0) is 0 Å². The third-order valence-corrected chi connectivity index (χ3v) is 2.95. The number of methoxy groups -OCH3 is 1. The van der Waals surface area contributed by atoms with E-state index in [0.29, 0.717) is 47.8 Å². The van der Waals surface area contributed by atoms with Gasteiger partial charge in [0.2, 0.25) is 11.6 Å². The highest BCUT2D eigenvalue weighted by atomic mass is 16.5. The summed E-state index contributed by atoms with van der Waals surface area (Å²) >= 11 is 0. The van der Waals surface area contributed by atoms with E-state index in [9.17, 15) is 0 Å². The number of nitrogens with two attached hydrogens (primary N) is 1. The first-order chi connectivity index (χ1) is 9.69. The summed E-state index contributed by atoms with van der Waals surface area (Å²) in [5, 5.41) is 3.15. The van der Waals surface area contributed by atoms with Crippen LogP contribution in [0.3, 0.4) is 0 Å². The Hall–Kier alpha value is -2.57. The minimum absolute atomic E-state index is 0.306. The van der Waals surface area contributed by atoms with Crippen LogP contribution in [0, 0.1) is 6.92 Å². The predicted octanol–water partition coefficient (Wildman–Crippen LogP) is 1.24. The molecule has 3 rings (SSSR count). The molecule has 0 amide bonds. The Morgan fingerprint density at radius 3 is 3.05 bits per heavy atom. The van der Waals surface area contributed by atoms with E-state index in [1.54, 1.807) is 13.3 Å². The molecule has 0 unspecified atom stereocenters. The first-order valence-electron chi connectivity index (χ1n) is 6.24. The largest absolute Gasteiger partial charge is 0.485 e. The van der Waals surface area contributed by atoms with Gasteiger partial charge in [0, 0.05) is 6.20 Å². The normalized spacial score (nSPS) is 13.1. The smallest absolute Gasteiger partial charge is 0.224 e. The minimum atomic E-state index is 0.306. The summed E-state index contributed by atoms with van der Waals surface area (Å²) in [6.07, 6.45) is 1.73. The number of nitrogens with one attached hydrogen (secondary N) is 1. The maximum atomic E-state index is 5.93. The van der Waals surface area contributed by atoms with Crippen LogP contribution in [0.4, 0.5) is 11.6 Å². The molecular formula is C13H15N5O2. The van der Waals surface area contributed by atoms with Gasteiger partial charge in [0.1, 0.15) is 6.61 Å². The molecule has 104 valence electrons. The molecule has 7 nitrogen and oxygen atoms in total. The first-order valence-corrected chi connectivity index (χ1v) is 6.24. The summed E-state index contributed by atoms with van der Waals surface area (Å²) in [5.74, 6) is 2.33. The van der Waals surface area contributed by atoms with Crippen molar-refractivity contribution in [3.63, 3.8) is 0 Å². The number of hydrogen-bond donors (Lipinski definition) is 2. The number of nitrogen functional groups attached to an aromatic ring is 1. The quantitative estimate of drug-likeness (QED) is 0.849. The van der Waals surface area contributed by atoms with Gasteiger partial charge >= 0.3 is 0 Å². The van der Waals surface area contributed by atoms with Crippen LogP contribution >= 0.6 is 0 Å². The SMILES string of the molecule is COc1ncc(C)cc1-c1nc(N)c2c(n1)NCCO2. The molecule has 0 aromatic carbocycles. The van der Waals surface area contributed by atoms with Gasteiger partial charge in [0.05, 0.1) is 19.2 Å². The Kier molecular flexibility index (Phi) is 3.02. The Morgan fingerprint density at radius 1 is 1.40 bits per heavy atom. The van der Waals surface area contributed by atoms with E-state index in [4.69, 9.17) is 15.2 Å². The lowest BCUT2D eigenvalue weighted by atomic mass is 10.2. The Bertz CT molecular complexity index is 659. The van der Waals surface area contributed by atoms with Crippen molar-refractivity contribution >= 4 is 11.6 Å². The van der Waals surface area contributed by atoms with Crippen LogP contribution in [0.25, 0.3) is 11.4 Å². The lowest BCUT2D eigenvalue weighted by Crippen LogP contribution is -2.21. The highest BCUT2D eigenvalue weighted by molar-refractivity contribution is 5.71. The van der Waals surface area contributed by atoms with E-state index in [-0.39, 0.29) is 0 Å². The van der Waals surface area contributed by atoms with Gasteiger partial charge in [-0.25, -0.2) is 15.0 Å². The van der Waals surface area contributed by atoms with Crippen molar-refractivity contribution in [1.29, 1.82) is 0 Å². The van der Waals surface area contributed by atoms with Gasteiger partial charge in [-0.1, -0.05) is 0 Å². The molecule has 7 heteroatoms. The fourth-order valence-corrected chi connectivity index (χ4v) is 2.05. The second-order valence-electron chi connectivity index (χ2n) is 4.45. The molecule has 0 radical (unpaired) electrons. The van der Waals surface area contributed by atoms with Crippen LogP contribution in [0.5, 0.6) is 11.6 Å². The Balaban J connectivity index is 2.15. The average Bonchev–Trinajstić information content (AvgIpc) is 2.47. The second kappa shape index (κ2) is 4.84. The number of rotatable bonds is 2. The topological polar surface area (TPSA) is 95.2 Å². The monoisotopic (exact) mass is 273 g/mol. The highest BCUT2D eigenvalue weighted by Crippen LogP contribution is 2.34. The van der Waals surface area contributed by atoms with Crippen LogP contribution in [-0.4, -0.2) is 35.2 Å². The number of pyridine rings is 1. The van der Waals surface area contributed by atoms with Gasteiger partial charge in [-0.05, 0) is 18.6 Å². The summed E-state index contributed by atoms with van der Waals surface area (Å²) < 4.78 is 10.7. The van der Waals surface area contributed by atoms with Gasteiger partial charge < -0.3 is 20.5 Å². The zero-order chi connectivity index (χ0) is 14.1. The molecule has 1 aliphatic rings. The molecule has 0 fully saturated rings. The van der Waals surface area contributed by atoms with Gasteiger partial charge in [-0.2, -0.15) is 0 Å². The molecule has 20 heavy (non-hydrogen) atoms. The molecule has 0 saturated heterocycles. The number of ether oxygens (including phenoxy) is 2. The predicted molar refractivity (Wildman–Crippen MR) is 74.9 cm³/mol. The van der Waals surface area contributed by atoms with Crippen molar-refractivity contribution in [1.82, 2.24) is 15.0 Å². The molecule has 0 bridgehead atoms. The lowest BCUT2D eigenvalue weighted by molar-refractivity contribution is 0.322. The van der Waals surface area contributed by atoms with Crippen molar-refractivity contribution in [2.45, 2.75) is 6.92 Å². The standard InChI is InChI=1S/C13H15N5O2/c1-7-5-8(13(19-2)16-6-7)11-17-10(14)9-12(18-11)15-3-4-20-9/h5-6H,3-4H2,1-2H3,(H3,14,15,17,18). The first kappa shape index (κ1) is 12.5. The maximum absolute atomic E-state index is 5.93. The van der Waals surface area contributed by atoms with E-state index in [1.165, 1.54) is 0 Å². The van der Waals surface area contributed by atoms with Crippen molar-refractivity contribution in [3.8, 4) is 23.0 Å². The molecule has 2 aromatic rings. The summed E-state index contributed by atoms with van der Waals surface area (Å²) in [7, 11) is 1.56. The number of aromatic nitrogens is 3. The van der Waals surface area contributed by atoms with Crippen molar-refractivity contribution < 1.29 is 9.47 Å². The van der Waals surface area contributed by atoms with E-state index < -0.39 is 0 Å². The molecule has 0 aliphatic carbocycles. The van der Waals surface area contributed by atoms with E-state index in [1.807, 2.05) is 13.0 Å². The molecule has 3 heterocycles. The van der Waals surface area contributed by atoms with E-state index >= 15 is 0 Å². The number of fused-ring (bicyclic) bond motifs is 1. The molecule has 0 atom stereocenters. The number of nitrogens with zero attached hydrogens (tertiary/aromatic N) is 3. The number of aryl methyl sites for hydroxylation is 1. The van der Waals surface area contributed by atoms with E-state index in [0.717, 1.165) is 5.56 Å². The van der Waals surface area contributed by atoms with Crippen LogP contribution in [0.2, 0.25) is 0 Å². The van der Waals surface area contributed by atoms with Gasteiger partial charge in [0.15, 0.2) is 17.5 Å². The molecule has 3 N–H and O–H groups in total. The fourth-order valence-electron chi connectivity index (χ4n) is 2.05. The summed E-state index contributed by atoms with van der Waals surface area (Å²) in [6, 6.07) is 1.91. The summed E-state index contributed by atoms with van der Waals surface area (Å²) in [4.78, 5) is 13.0. The second-order valence-corrected chi connectivity index (χ2v) is 4.45. The third-order valence-electron chi connectivity index (χ3n) is 2.95. The molecule has 2 aromatic heterocycles. The van der Waals surface area contributed by atoms with Crippen LogP contribution < -0.4 is 20.5 Å². The zero-order valence-corrected chi connectivity index (χ0v) is 11.3. The fraction of sp³-hybridized carbons (Fsp3) is 0.308. The van der Waals surface area contributed by atoms with Gasteiger partial charge in [-0.15, -0.1) is 0 Å². The van der Waals surface area contributed by atoms with Crippen molar-refractivity contribution in [3.05, 3.63) is 17.8 Å². The van der Waals surface area contributed by atoms with Crippen molar-refractivity contribution in [2.24, 2.45) is 0 Å².